The minimum absolute atomic E-state index is 0.0133. The van der Waals surface area contributed by atoms with Gasteiger partial charge in [-0.25, -0.2) is 23.4 Å². The number of nitrogens with zero attached hydrogens (tertiary/aromatic N) is 8. The molecule has 242 valence electrons. The van der Waals surface area contributed by atoms with Crippen LogP contribution in [0.1, 0.15) is 25.3 Å². The number of likely N-dealkylation sites (tertiary alicyclic amines) is 1. The molecule has 2 amide bonds. The van der Waals surface area contributed by atoms with E-state index in [9.17, 15) is 18.0 Å². The summed E-state index contributed by atoms with van der Waals surface area (Å²) < 4.78 is 35.9. The number of carbonyl (C=O) groups excluding carboxylic acids is 2. The van der Waals surface area contributed by atoms with Gasteiger partial charge in [0, 0.05) is 45.1 Å². The van der Waals surface area contributed by atoms with Crippen molar-refractivity contribution in [3.05, 3.63) is 78.5 Å². The van der Waals surface area contributed by atoms with Gasteiger partial charge in [0.05, 0.1) is 22.4 Å². The van der Waals surface area contributed by atoms with Crippen LogP contribution in [0.15, 0.2) is 77.8 Å². The summed E-state index contributed by atoms with van der Waals surface area (Å²) in [4.78, 5) is 43.1. The lowest BCUT2D eigenvalue weighted by molar-refractivity contribution is -0.131. The first-order valence-electron chi connectivity index (χ1n) is 15.0. The molecule has 2 aliphatic rings. The minimum Gasteiger partial charge on any atom is -0.470 e. The second kappa shape index (κ2) is 12.7. The minimum atomic E-state index is -4.05. The highest BCUT2D eigenvalue weighted by Gasteiger charge is 2.39. The van der Waals surface area contributed by atoms with Gasteiger partial charge in [-0.05, 0) is 42.7 Å². The van der Waals surface area contributed by atoms with Crippen LogP contribution in [0.2, 0.25) is 0 Å². The molecule has 1 fully saturated rings. The van der Waals surface area contributed by atoms with Gasteiger partial charge in [0.2, 0.25) is 5.91 Å². The van der Waals surface area contributed by atoms with Gasteiger partial charge in [0.25, 0.3) is 15.9 Å². The number of rotatable bonds is 8. The number of hydrogen-bond donors (Lipinski definition) is 1. The van der Waals surface area contributed by atoms with Crippen molar-refractivity contribution in [1.29, 1.82) is 5.26 Å². The number of fused-ring (bicyclic) bond motifs is 2. The summed E-state index contributed by atoms with van der Waals surface area (Å²) in [5.74, 6) is 0.389. The Balaban J connectivity index is 1.32. The van der Waals surface area contributed by atoms with Crippen molar-refractivity contribution in [2.75, 3.05) is 37.4 Å². The number of anilines is 2. The van der Waals surface area contributed by atoms with Crippen molar-refractivity contribution in [2.45, 2.75) is 37.4 Å². The third kappa shape index (κ3) is 5.83. The second-order valence-electron chi connectivity index (χ2n) is 11.4. The summed E-state index contributed by atoms with van der Waals surface area (Å²) in [6.45, 7) is 3.12. The molecule has 4 aromatic rings. The molecular formula is C32H33N9O5S. The number of ether oxygens (including phenoxy) is 1. The van der Waals surface area contributed by atoms with Crippen LogP contribution in [0.25, 0.3) is 16.8 Å². The van der Waals surface area contributed by atoms with Gasteiger partial charge in [-0.1, -0.05) is 25.1 Å². The number of pyridine rings is 1. The van der Waals surface area contributed by atoms with Crippen LogP contribution in [0.5, 0.6) is 0 Å². The average Bonchev–Trinajstić information content (AvgIpc) is 3.49. The number of nitriles is 1. The van der Waals surface area contributed by atoms with Crippen molar-refractivity contribution >= 4 is 50.3 Å². The summed E-state index contributed by atoms with van der Waals surface area (Å²) in [7, 11) is -0.808. The van der Waals surface area contributed by atoms with Crippen LogP contribution < -0.4 is 10.2 Å². The number of hydrogen-bond acceptors (Lipinski definition) is 10. The summed E-state index contributed by atoms with van der Waals surface area (Å²) in [5.41, 5.74) is 0.626. The Morgan fingerprint density at radius 1 is 1.13 bits per heavy atom. The van der Waals surface area contributed by atoms with Gasteiger partial charge in [0.15, 0.2) is 18.2 Å². The Morgan fingerprint density at radius 3 is 2.68 bits per heavy atom. The number of benzene rings is 1. The first kappa shape index (κ1) is 31.5. The van der Waals surface area contributed by atoms with E-state index < -0.39 is 15.9 Å². The van der Waals surface area contributed by atoms with Crippen molar-refractivity contribution in [2.24, 2.45) is 5.92 Å². The molecule has 6 rings (SSSR count). The molecule has 0 bridgehead atoms. The molecule has 3 aromatic heterocycles. The van der Waals surface area contributed by atoms with E-state index in [1.807, 2.05) is 24.1 Å². The largest absolute Gasteiger partial charge is 0.470 e. The molecule has 14 nitrogen and oxygen atoms in total. The Labute approximate surface area is 271 Å². The van der Waals surface area contributed by atoms with Crippen LogP contribution in [0.4, 0.5) is 11.6 Å². The van der Waals surface area contributed by atoms with Crippen molar-refractivity contribution in [1.82, 2.24) is 28.7 Å². The number of piperidine rings is 1. The molecule has 0 unspecified atom stereocenters. The fourth-order valence-electron chi connectivity index (χ4n) is 6.05. The van der Waals surface area contributed by atoms with Crippen molar-refractivity contribution < 1.29 is 22.7 Å². The molecule has 2 aliphatic heterocycles. The topological polar surface area (TPSA) is 167 Å². The molecule has 0 aliphatic carbocycles. The number of carbonyl (C=O) groups is 2. The van der Waals surface area contributed by atoms with Crippen LogP contribution in [-0.2, 0) is 31.1 Å². The lowest BCUT2D eigenvalue weighted by Crippen LogP contribution is -2.52. The number of nitrogens with one attached hydrogen (secondary N) is 1. The maximum atomic E-state index is 13.6. The van der Waals surface area contributed by atoms with Crippen LogP contribution in [0.3, 0.4) is 0 Å². The number of sulfonamides is 1. The fourth-order valence-corrected chi connectivity index (χ4v) is 7.44. The second-order valence-corrected chi connectivity index (χ2v) is 13.4. The predicted octanol–water partition coefficient (Wildman–Crippen LogP) is 3.03. The van der Waals surface area contributed by atoms with Crippen molar-refractivity contribution in [3.63, 3.8) is 0 Å². The van der Waals surface area contributed by atoms with E-state index in [4.69, 9.17) is 10.00 Å². The van der Waals surface area contributed by atoms with E-state index >= 15 is 0 Å². The SMILES string of the molecule is C[C@@H]1CCN(C(=O)CC#N)C[C@@H]1N(C)c1ncnc2c1ccn2COC1=C(C(=O)Nc2ccccn2)N(C)S(=O)(=O)c2ccccc21. The Morgan fingerprint density at radius 2 is 1.91 bits per heavy atom. The maximum absolute atomic E-state index is 13.6. The van der Waals surface area contributed by atoms with Gasteiger partial charge >= 0.3 is 0 Å². The number of likely N-dealkylation sites (N-methyl/N-ethyl adjacent to an activating group) is 2. The Hall–Kier alpha value is -5.49. The summed E-state index contributed by atoms with van der Waals surface area (Å²) in [6, 6.07) is 15.1. The highest BCUT2D eigenvalue weighted by molar-refractivity contribution is 7.89. The first-order chi connectivity index (χ1) is 22.6. The Bertz CT molecular complexity index is 2020. The lowest BCUT2D eigenvalue weighted by Gasteiger charge is -2.42. The molecule has 15 heteroatoms. The molecule has 1 aromatic carbocycles. The zero-order valence-electron chi connectivity index (χ0n) is 26.1. The maximum Gasteiger partial charge on any atom is 0.277 e. The quantitative estimate of drug-likeness (QED) is 0.298. The Kier molecular flexibility index (Phi) is 8.52. The van der Waals surface area contributed by atoms with Crippen LogP contribution >= 0.6 is 0 Å². The fraction of sp³-hybridized carbons (Fsp3) is 0.312. The molecule has 0 spiro atoms. The summed E-state index contributed by atoms with van der Waals surface area (Å²) in [5, 5.41) is 12.4. The van der Waals surface area contributed by atoms with E-state index in [0.29, 0.717) is 24.6 Å². The first-order valence-corrected chi connectivity index (χ1v) is 16.4. The number of amides is 2. The van der Waals surface area contributed by atoms with E-state index in [2.05, 4.69) is 27.2 Å². The standard InChI is InChI=1S/C32H33N9O5S/c1-21-12-16-40(27(42)11-14-33)18-24(21)38(2)30-23-13-17-41(31(23)36-19-35-30)20-46-29-22-8-4-5-9-25(22)47(44,45)39(3)28(29)32(43)37-26-10-6-7-15-34-26/h4-10,13,15,17,19,21,24H,11-12,16,18,20H2,1-3H3,(H,34,37,43)/t21-,24+/m1/s1. The molecule has 2 atom stereocenters. The van der Waals surface area contributed by atoms with Gasteiger partial charge < -0.3 is 19.9 Å². The third-order valence-electron chi connectivity index (χ3n) is 8.64. The predicted molar refractivity (Wildman–Crippen MR) is 173 cm³/mol. The molecular weight excluding hydrogens is 622 g/mol. The third-order valence-corrected chi connectivity index (χ3v) is 10.5. The van der Waals surface area contributed by atoms with E-state index in [-0.39, 0.29) is 58.8 Å². The van der Waals surface area contributed by atoms with Gasteiger partial charge in [-0.3, -0.25) is 18.5 Å². The van der Waals surface area contributed by atoms with E-state index in [1.54, 1.807) is 52.1 Å². The highest BCUT2D eigenvalue weighted by atomic mass is 32.2. The van der Waals surface area contributed by atoms with E-state index in [0.717, 1.165) is 16.1 Å². The zero-order valence-corrected chi connectivity index (χ0v) is 26.9. The van der Waals surface area contributed by atoms with Gasteiger partial charge in [-0.2, -0.15) is 5.26 Å². The van der Waals surface area contributed by atoms with Gasteiger partial charge in [-0.15, -0.1) is 0 Å². The highest BCUT2D eigenvalue weighted by Crippen LogP contribution is 2.37. The van der Waals surface area contributed by atoms with Crippen molar-refractivity contribution in [3.8, 4) is 6.07 Å². The molecule has 5 heterocycles. The molecule has 0 saturated carbocycles. The number of aromatic nitrogens is 4. The lowest BCUT2D eigenvalue weighted by atomic mass is 9.92. The van der Waals surface area contributed by atoms with Crippen LogP contribution in [-0.4, -0.2) is 82.2 Å². The molecule has 0 radical (unpaired) electrons. The normalized spacial score (nSPS) is 18.8. The molecule has 1 N–H and O–H groups in total. The van der Waals surface area contributed by atoms with Gasteiger partial charge in [0.1, 0.15) is 30.0 Å². The average molecular weight is 656 g/mol. The molecule has 47 heavy (non-hydrogen) atoms. The van der Waals surface area contributed by atoms with Crippen LogP contribution in [0, 0.1) is 17.2 Å². The summed E-state index contributed by atoms with van der Waals surface area (Å²) >= 11 is 0. The summed E-state index contributed by atoms with van der Waals surface area (Å²) in [6.07, 6.45) is 5.40. The monoisotopic (exact) mass is 655 g/mol. The molecule has 1 saturated heterocycles. The van der Waals surface area contributed by atoms with E-state index in [1.165, 1.54) is 25.6 Å². The smallest absolute Gasteiger partial charge is 0.277 e. The zero-order chi connectivity index (χ0) is 33.3.